The molecule has 0 bridgehead atoms. The van der Waals surface area contributed by atoms with Gasteiger partial charge in [0.2, 0.25) is 5.91 Å². The number of rotatable bonds is 6. The molecule has 0 saturated carbocycles. The van der Waals surface area contributed by atoms with Gasteiger partial charge >= 0.3 is 0 Å². The number of hydrogen-bond acceptors (Lipinski definition) is 3. The smallest absolute Gasteiger partial charge is 0.228 e. The van der Waals surface area contributed by atoms with Crippen molar-refractivity contribution in [2.75, 3.05) is 26.2 Å². The summed E-state index contributed by atoms with van der Waals surface area (Å²) >= 11 is 0. The van der Waals surface area contributed by atoms with E-state index in [-0.39, 0.29) is 17.9 Å². The third kappa shape index (κ3) is 3.19. The van der Waals surface area contributed by atoms with E-state index in [0.717, 1.165) is 32.4 Å². The van der Waals surface area contributed by atoms with Crippen LogP contribution >= 0.6 is 0 Å². The van der Waals surface area contributed by atoms with Crippen LogP contribution in [-0.4, -0.2) is 43.2 Å². The van der Waals surface area contributed by atoms with Gasteiger partial charge in [-0.05, 0) is 19.3 Å². The highest BCUT2D eigenvalue weighted by Gasteiger charge is 2.34. The Kier molecular flexibility index (Phi) is 5.77. The van der Waals surface area contributed by atoms with Crippen LogP contribution in [0.25, 0.3) is 0 Å². The van der Waals surface area contributed by atoms with Gasteiger partial charge in [-0.1, -0.05) is 13.8 Å². The van der Waals surface area contributed by atoms with Crippen molar-refractivity contribution in [2.45, 2.75) is 39.2 Å². The Hall–Kier alpha value is -0.610. The first-order valence-electron chi connectivity index (χ1n) is 6.35. The molecule has 4 heteroatoms. The van der Waals surface area contributed by atoms with Crippen LogP contribution in [0.3, 0.4) is 0 Å². The highest BCUT2D eigenvalue weighted by Crippen LogP contribution is 2.25. The van der Waals surface area contributed by atoms with E-state index < -0.39 is 0 Å². The van der Waals surface area contributed by atoms with E-state index >= 15 is 0 Å². The quantitative estimate of drug-likeness (QED) is 0.738. The lowest BCUT2D eigenvalue weighted by Gasteiger charge is -2.26. The van der Waals surface area contributed by atoms with E-state index in [0.29, 0.717) is 13.1 Å². The predicted molar refractivity (Wildman–Crippen MR) is 64.1 cm³/mol. The lowest BCUT2D eigenvalue weighted by Crippen LogP contribution is -2.42. The summed E-state index contributed by atoms with van der Waals surface area (Å²) in [5, 5.41) is 0. The van der Waals surface area contributed by atoms with Crippen LogP contribution in [0.2, 0.25) is 0 Å². The lowest BCUT2D eigenvalue weighted by atomic mass is 9.98. The summed E-state index contributed by atoms with van der Waals surface area (Å²) in [7, 11) is 0. The van der Waals surface area contributed by atoms with Crippen molar-refractivity contribution in [3.8, 4) is 0 Å². The average molecular weight is 228 g/mol. The van der Waals surface area contributed by atoms with E-state index in [1.807, 2.05) is 4.90 Å². The largest absolute Gasteiger partial charge is 0.377 e. The monoisotopic (exact) mass is 228 g/mol. The Balaban J connectivity index is 2.58. The fraction of sp³-hybridized carbons (Fsp3) is 0.917. The topological polar surface area (TPSA) is 55.6 Å². The Morgan fingerprint density at radius 2 is 2.19 bits per heavy atom. The molecule has 1 fully saturated rings. The maximum Gasteiger partial charge on any atom is 0.228 e. The molecule has 94 valence electrons. The number of nitrogens with two attached hydrogens (primary N) is 1. The second-order valence-electron chi connectivity index (χ2n) is 4.33. The molecule has 1 saturated heterocycles. The second-order valence-corrected chi connectivity index (χ2v) is 4.33. The van der Waals surface area contributed by atoms with Gasteiger partial charge in [0.15, 0.2) is 0 Å². The zero-order chi connectivity index (χ0) is 12.0. The molecule has 0 spiro atoms. The standard InChI is InChI=1S/C12H24N2O2/c1-3-7-14(8-6-13)12(15)10-5-9-16-11(10)4-2/h10-11H,3-9,13H2,1-2H3. The van der Waals surface area contributed by atoms with Gasteiger partial charge in [-0.25, -0.2) is 0 Å². The first-order chi connectivity index (χ1) is 7.74. The average Bonchev–Trinajstić information content (AvgIpc) is 2.75. The Bertz CT molecular complexity index is 215. The molecule has 1 aliphatic rings. The molecular weight excluding hydrogens is 204 g/mol. The van der Waals surface area contributed by atoms with Gasteiger partial charge in [0.1, 0.15) is 0 Å². The number of carbonyl (C=O) groups is 1. The fourth-order valence-electron chi connectivity index (χ4n) is 2.33. The zero-order valence-electron chi connectivity index (χ0n) is 10.4. The summed E-state index contributed by atoms with van der Waals surface area (Å²) in [6, 6.07) is 0. The van der Waals surface area contributed by atoms with E-state index in [1.54, 1.807) is 0 Å². The SMILES string of the molecule is CCCN(CCN)C(=O)C1CCOC1CC. The predicted octanol–water partition coefficient (Wildman–Crippen LogP) is 0.999. The minimum atomic E-state index is 0.0584. The van der Waals surface area contributed by atoms with E-state index in [9.17, 15) is 4.79 Å². The molecule has 0 aromatic carbocycles. The molecule has 1 aliphatic heterocycles. The molecule has 1 rings (SSSR count). The molecule has 2 atom stereocenters. The van der Waals surface area contributed by atoms with Crippen LogP contribution < -0.4 is 5.73 Å². The molecule has 2 unspecified atom stereocenters. The number of amides is 1. The van der Waals surface area contributed by atoms with Crippen molar-refractivity contribution in [3.05, 3.63) is 0 Å². The molecule has 0 radical (unpaired) electrons. The fourth-order valence-corrected chi connectivity index (χ4v) is 2.33. The first-order valence-corrected chi connectivity index (χ1v) is 6.35. The normalized spacial score (nSPS) is 24.7. The van der Waals surface area contributed by atoms with Gasteiger partial charge in [-0.2, -0.15) is 0 Å². The second kappa shape index (κ2) is 6.86. The Labute approximate surface area is 98.1 Å². The van der Waals surface area contributed by atoms with Crippen LogP contribution in [0.1, 0.15) is 33.1 Å². The molecule has 0 aliphatic carbocycles. The lowest BCUT2D eigenvalue weighted by molar-refractivity contribution is -0.137. The Morgan fingerprint density at radius 1 is 1.44 bits per heavy atom. The molecule has 2 N–H and O–H groups in total. The van der Waals surface area contributed by atoms with Crippen LogP contribution in [0.4, 0.5) is 0 Å². The van der Waals surface area contributed by atoms with E-state index in [2.05, 4.69) is 13.8 Å². The van der Waals surface area contributed by atoms with E-state index in [1.165, 1.54) is 0 Å². The molecule has 4 nitrogen and oxygen atoms in total. The molecule has 16 heavy (non-hydrogen) atoms. The molecule has 0 aromatic heterocycles. The van der Waals surface area contributed by atoms with Crippen LogP contribution in [0.15, 0.2) is 0 Å². The minimum Gasteiger partial charge on any atom is -0.377 e. The molecule has 1 heterocycles. The van der Waals surface area contributed by atoms with E-state index in [4.69, 9.17) is 10.5 Å². The molecule has 1 amide bonds. The summed E-state index contributed by atoms with van der Waals surface area (Å²) in [5.41, 5.74) is 5.54. The van der Waals surface area contributed by atoms with Crippen molar-refractivity contribution < 1.29 is 9.53 Å². The summed E-state index contributed by atoms with van der Waals surface area (Å²) in [4.78, 5) is 14.2. The van der Waals surface area contributed by atoms with Crippen molar-refractivity contribution in [1.82, 2.24) is 4.90 Å². The maximum atomic E-state index is 12.3. The van der Waals surface area contributed by atoms with Gasteiger partial charge in [0, 0.05) is 26.2 Å². The number of ether oxygens (including phenoxy) is 1. The molecule has 0 aromatic rings. The van der Waals surface area contributed by atoms with Crippen LogP contribution in [0, 0.1) is 5.92 Å². The summed E-state index contributed by atoms with van der Waals surface area (Å²) in [6.07, 6.45) is 2.88. The third-order valence-corrected chi connectivity index (χ3v) is 3.13. The van der Waals surface area contributed by atoms with Gasteiger partial charge in [0.25, 0.3) is 0 Å². The summed E-state index contributed by atoms with van der Waals surface area (Å²) < 4.78 is 5.56. The van der Waals surface area contributed by atoms with Gasteiger partial charge in [-0.15, -0.1) is 0 Å². The van der Waals surface area contributed by atoms with Gasteiger partial charge < -0.3 is 15.4 Å². The maximum absolute atomic E-state index is 12.3. The van der Waals surface area contributed by atoms with Crippen molar-refractivity contribution >= 4 is 5.91 Å². The van der Waals surface area contributed by atoms with Crippen molar-refractivity contribution in [1.29, 1.82) is 0 Å². The van der Waals surface area contributed by atoms with Gasteiger partial charge in [0.05, 0.1) is 12.0 Å². The third-order valence-electron chi connectivity index (χ3n) is 3.13. The number of nitrogens with zero attached hydrogens (tertiary/aromatic N) is 1. The highest BCUT2D eigenvalue weighted by molar-refractivity contribution is 5.79. The van der Waals surface area contributed by atoms with Crippen LogP contribution in [-0.2, 0) is 9.53 Å². The van der Waals surface area contributed by atoms with Crippen LogP contribution in [0.5, 0.6) is 0 Å². The number of hydrogen-bond donors (Lipinski definition) is 1. The Morgan fingerprint density at radius 3 is 2.75 bits per heavy atom. The van der Waals surface area contributed by atoms with Crippen molar-refractivity contribution in [2.24, 2.45) is 11.7 Å². The highest BCUT2D eigenvalue weighted by atomic mass is 16.5. The number of carbonyl (C=O) groups excluding carboxylic acids is 1. The summed E-state index contributed by atoms with van der Waals surface area (Å²) in [5.74, 6) is 0.291. The first kappa shape index (κ1) is 13.5. The van der Waals surface area contributed by atoms with Crippen molar-refractivity contribution in [3.63, 3.8) is 0 Å². The zero-order valence-corrected chi connectivity index (χ0v) is 10.4. The molecular formula is C12H24N2O2. The van der Waals surface area contributed by atoms with Gasteiger partial charge in [-0.3, -0.25) is 4.79 Å². The summed E-state index contributed by atoms with van der Waals surface area (Å²) in [6.45, 7) is 6.89. The minimum absolute atomic E-state index is 0.0584.